The highest BCUT2D eigenvalue weighted by molar-refractivity contribution is 5.73. The normalized spacial score (nSPS) is 12.2. The first-order chi connectivity index (χ1) is 9.24. The molecule has 0 radical (unpaired) electrons. The molecule has 0 saturated carbocycles. The first kappa shape index (κ1) is 15.7. The van der Waals surface area contributed by atoms with Gasteiger partial charge >= 0.3 is 0 Å². The molecule has 1 aromatic carbocycles. The summed E-state index contributed by atoms with van der Waals surface area (Å²) in [6.45, 7) is 6.66. The number of hydrogen-bond donors (Lipinski definition) is 1. The quantitative estimate of drug-likeness (QED) is 0.648. The molecule has 0 heterocycles. The zero-order chi connectivity index (χ0) is 14.1. The number of amides is 1. The van der Waals surface area contributed by atoms with E-state index in [1.165, 1.54) is 30.4 Å². The van der Waals surface area contributed by atoms with Crippen LogP contribution < -0.4 is 5.32 Å². The lowest BCUT2D eigenvalue weighted by atomic mass is 9.91. The molecule has 0 aliphatic carbocycles. The fraction of sp³-hybridized carbons (Fsp3) is 0.588. The Labute approximate surface area is 117 Å². The van der Waals surface area contributed by atoms with E-state index in [4.69, 9.17) is 0 Å². The van der Waals surface area contributed by atoms with Crippen molar-refractivity contribution in [3.05, 3.63) is 29.3 Å². The van der Waals surface area contributed by atoms with Gasteiger partial charge in [0.2, 0.25) is 6.41 Å². The molecule has 0 aromatic heterocycles. The molecular weight excluding hydrogens is 234 g/mol. The molecule has 0 saturated heterocycles. The lowest BCUT2D eigenvalue weighted by Gasteiger charge is -2.16. The fourth-order valence-corrected chi connectivity index (χ4v) is 2.63. The first-order valence-corrected chi connectivity index (χ1v) is 7.57. The highest BCUT2D eigenvalue weighted by atomic mass is 16.1. The predicted octanol–water partition coefficient (Wildman–Crippen LogP) is 4.58. The molecule has 2 heteroatoms. The maximum atomic E-state index is 10.7. The number of aryl methyl sites for hydroxylation is 1. The van der Waals surface area contributed by atoms with Crippen LogP contribution in [0.1, 0.15) is 57.6 Å². The summed E-state index contributed by atoms with van der Waals surface area (Å²) in [6.07, 6.45) is 7.76. The second-order valence-electron chi connectivity index (χ2n) is 5.27. The van der Waals surface area contributed by atoms with Gasteiger partial charge in [0, 0.05) is 5.69 Å². The van der Waals surface area contributed by atoms with E-state index >= 15 is 0 Å². The van der Waals surface area contributed by atoms with Gasteiger partial charge in [-0.25, -0.2) is 0 Å². The molecule has 2 nitrogen and oxygen atoms in total. The van der Waals surface area contributed by atoms with Gasteiger partial charge in [0.1, 0.15) is 0 Å². The van der Waals surface area contributed by atoms with Gasteiger partial charge in [0.05, 0.1) is 0 Å². The second-order valence-corrected chi connectivity index (χ2v) is 5.27. The summed E-state index contributed by atoms with van der Waals surface area (Å²) in [5, 5.41) is 2.84. The van der Waals surface area contributed by atoms with E-state index in [0.29, 0.717) is 0 Å². The summed E-state index contributed by atoms with van der Waals surface area (Å²) in [4.78, 5) is 10.7. The van der Waals surface area contributed by atoms with Crippen LogP contribution in [0.15, 0.2) is 18.2 Å². The standard InChI is InChI=1S/C17H27NO/c1-4-7-14(6-3)11-15-9-10-16(8-5-2)17(12-15)18-13-19/h9-10,12-14H,4-8,11H2,1-3H3,(H,18,19). The number of carbonyl (C=O) groups is 1. The molecule has 1 N–H and O–H groups in total. The summed E-state index contributed by atoms with van der Waals surface area (Å²) in [7, 11) is 0. The Morgan fingerprint density at radius 2 is 2.00 bits per heavy atom. The Morgan fingerprint density at radius 3 is 2.58 bits per heavy atom. The molecule has 0 aliphatic rings. The van der Waals surface area contributed by atoms with E-state index < -0.39 is 0 Å². The minimum atomic E-state index is 0.756. The molecular formula is C17H27NO. The third-order valence-electron chi connectivity index (χ3n) is 3.71. The van der Waals surface area contributed by atoms with Gasteiger partial charge in [0.15, 0.2) is 0 Å². The Hall–Kier alpha value is -1.31. The van der Waals surface area contributed by atoms with Crippen molar-refractivity contribution in [3.8, 4) is 0 Å². The van der Waals surface area contributed by atoms with Crippen LogP contribution in [0.25, 0.3) is 0 Å². The summed E-state index contributed by atoms with van der Waals surface area (Å²) >= 11 is 0. The zero-order valence-electron chi connectivity index (χ0n) is 12.5. The smallest absolute Gasteiger partial charge is 0.211 e. The van der Waals surface area contributed by atoms with E-state index in [9.17, 15) is 4.79 Å². The summed E-state index contributed by atoms with van der Waals surface area (Å²) < 4.78 is 0. The van der Waals surface area contributed by atoms with Gasteiger partial charge in [0.25, 0.3) is 0 Å². The Kier molecular flexibility index (Phi) is 7.24. The van der Waals surface area contributed by atoms with Crippen molar-refractivity contribution in [2.24, 2.45) is 5.92 Å². The van der Waals surface area contributed by atoms with Crippen molar-refractivity contribution < 1.29 is 4.79 Å². The third-order valence-corrected chi connectivity index (χ3v) is 3.71. The lowest BCUT2D eigenvalue weighted by molar-refractivity contribution is -0.105. The summed E-state index contributed by atoms with van der Waals surface area (Å²) in [6, 6.07) is 6.54. The highest BCUT2D eigenvalue weighted by Gasteiger charge is 2.09. The molecule has 1 unspecified atom stereocenters. The molecule has 1 aromatic rings. The van der Waals surface area contributed by atoms with Crippen LogP contribution >= 0.6 is 0 Å². The number of hydrogen-bond acceptors (Lipinski definition) is 1. The SMILES string of the molecule is CCCc1ccc(CC(CC)CCC)cc1NC=O. The van der Waals surface area contributed by atoms with Crippen LogP contribution in [0.4, 0.5) is 5.69 Å². The first-order valence-electron chi connectivity index (χ1n) is 7.57. The maximum absolute atomic E-state index is 10.7. The molecule has 106 valence electrons. The van der Waals surface area contributed by atoms with Crippen molar-refractivity contribution in [1.29, 1.82) is 0 Å². The van der Waals surface area contributed by atoms with Gasteiger partial charge in [-0.15, -0.1) is 0 Å². The van der Waals surface area contributed by atoms with Crippen molar-refractivity contribution in [2.75, 3.05) is 5.32 Å². The number of rotatable bonds is 9. The number of carbonyl (C=O) groups excluding carboxylic acids is 1. The average molecular weight is 261 g/mol. The minimum Gasteiger partial charge on any atom is -0.328 e. The van der Waals surface area contributed by atoms with Crippen LogP contribution in [0.5, 0.6) is 0 Å². The van der Waals surface area contributed by atoms with E-state index in [-0.39, 0.29) is 0 Å². The molecule has 0 aliphatic heterocycles. The molecule has 19 heavy (non-hydrogen) atoms. The molecule has 1 rings (SSSR count). The Balaban J connectivity index is 2.84. The lowest BCUT2D eigenvalue weighted by Crippen LogP contribution is -2.05. The Morgan fingerprint density at radius 1 is 1.21 bits per heavy atom. The molecule has 1 atom stereocenters. The number of benzene rings is 1. The summed E-state index contributed by atoms with van der Waals surface area (Å²) in [5.41, 5.74) is 3.56. The number of anilines is 1. The maximum Gasteiger partial charge on any atom is 0.211 e. The van der Waals surface area contributed by atoms with Crippen molar-refractivity contribution in [3.63, 3.8) is 0 Å². The third kappa shape index (κ3) is 5.06. The van der Waals surface area contributed by atoms with Crippen LogP contribution in [0.3, 0.4) is 0 Å². The monoisotopic (exact) mass is 261 g/mol. The van der Waals surface area contributed by atoms with Crippen molar-refractivity contribution in [1.82, 2.24) is 0 Å². The second kappa shape index (κ2) is 8.73. The van der Waals surface area contributed by atoms with E-state index in [1.54, 1.807) is 0 Å². The van der Waals surface area contributed by atoms with Gasteiger partial charge < -0.3 is 5.32 Å². The zero-order valence-corrected chi connectivity index (χ0v) is 12.5. The molecule has 0 fully saturated rings. The van der Waals surface area contributed by atoms with Crippen LogP contribution in [-0.4, -0.2) is 6.41 Å². The average Bonchev–Trinajstić information content (AvgIpc) is 2.41. The van der Waals surface area contributed by atoms with Gasteiger partial charge in [-0.3, -0.25) is 4.79 Å². The van der Waals surface area contributed by atoms with Crippen molar-refractivity contribution in [2.45, 2.75) is 59.3 Å². The number of nitrogens with one attached hydrogen (secondary N) is 1. The van der Waals surface area contributed by atoms with Crippen molar-refractivity contribution >= 4 is 12.1 Å². The van der Waals surface area contributed by atoms with Crippen LogP contribution in [-0.2, 0) is 17.6 Å². The molecule has 1 amide bonds. The van der Waals surface area contributed by atoms with Crippen LogP contribution in [0, 0.1) is 5.92 Å². The van der Waals surface area contributed by atoms with Gasteiger partial charge in [-0.1, -0.05) is 58.6 Å². The summed E-state index contributed by atoms with van der Waals surface area (Å²) in [5.74, 6) is 0.756. The van der Waals surface area contributed by atoms with E-state index in [0.717, 1.165) is 37.3 Å². The topological polar surface area (TPSA) is 29.1 Å². The largest absolute Gasteiger partial charge is 0.328 e. The van der Waals surface area contributed by atoms with E-state index in [1.807, 2.05) is 0 Å². The predicted molar refractivity (Wildman–Crippen MR) is 82.5 cm³/mol. The molecule has 0 bridgehead atoms. The van der Waals surface area contributed by atoms with Gasteiger partial charge in [-0.05, 0) is 36.0 Å². The van der Waals surface area contributed by atoms with Gasteiger partial charge in [-0.2, -0.15) is 0 Å². The fourth-order valence-electron chi connectivity index (χ4n) is 2.63. The van der Waals surface area contributed by atoms with E-state index in [2.05, 4.69) is 44.3 Å². The minimum absolute atomic E-state index is 0.756. The molecule has 0 spiro atoms. The van der Waals surface area contributed by atoms with Crippen LogP contribution in [0.2, 0.25) is 0 Å². The highest BCUT2D eigenvalue weighted by Crippen LogP contribution is 2.23. The Bertz CT molecular complexity index is 387.